The standard InChI is InChI=1S/C20H21F3N2O4S/c1-25(12-13-3-6-15(7-4-13)20(21,22)23)19(26)14-5-10-17(29-2)18(11-14)30(27,28)24-16-8-9-16/h3-7,10-11,16,24H,8-9,12H2,1-2H3. The lowest BCUT2D eigenvalue weighted by Crippen LogP contribution is -2.28. The zero-order valence-corrected chi connectivity index (χ0v) is 17.2. The highest BCUT2D eigenvalue weighted by Gasteiger charge is 2.31. The molecule has 0 saturated heterocycles. The van der Waals surface area contributed by atoms with E-state index in [4.69, 9.17) is 4.74 Å². The molecule has 2 aromatic carbocycles. The molecule has 1 saturated carbocycles. The molecule has 1 amide bonds. The molecule has 162 valence electrons. The maximum Gasteiger partial charge on any atom is 0.416 e. The molecule has 2 aromatic rings. The molecular formula is C20H21F3N2O4S. The Bertz CT molecular complexity index is 1030. The van der Waals surface area contributed by atoms with Gasteiger partial charge in [-0.1, -0.05) is 12.1 Å². The van der Waals surface area contributed by atoms with Crippen LogP contribution in [-0.4, -0.2) is 39.4 Å². The summed E-state index contributed by atoms with van der Waals surface area (Å²) in [7, 11) is -1.03. The van der Waals surface area contributed by atoms with Crippen LogP contribution in [0.5, 0.6) is 5.75 Å². The predicted octanol–water partition coefficient (Wildman–Crippen LogP) is 3.43. The summed E-state index contributed by atoms with van der Waals surface area (Å²) in [5, 5.41) is 0. The van der Waals surface area contributed by atoms with Gasteiger partial charge in [-0.2, -0.15) is 13.2 Å². The van der Waals surface area contributed by atoms with Crippen LogP contribution in [0.2, 0.25) is 0 Å². The largest absolute Gasteiger partial charge is 0.495 e. The molecule has 3 rings (SSSR count). The van der Waals surface area contributed by atoms with Crippen molar-refractivity contribution in [3.63, 3.8) is 0 Å². The molecular weight excluding hydrogens is 421 g/mol. The number of methoxy groups -OCH3 is 1. The Balaban J connectivity index is 1.79. The number of alkyl halides is 3. The third-order valence-corrected chi connectivity index (χ3v) is 6.19. The Morgan fingerprint density at radius 3 is 2.33 bits per heavy atom. The minimum atomic E-state index is -4.43. The van der Waals surface area contributed by atoms with Crippen molar-refractivity contribution in [2.24, 2.45) is 0 Å². The monoisotopic (exact) mass is 442 g/mol. The average Bonchev–Trinajstić information content (AvgIpc) is 3.49. The first-order chi connectivity index (χ1) is 14.0. The summed E-state index contributed by atoms with van der Waals surface area (Å²) in [5.74, 6) is -0.356. The predicted molar refractivity (Wildman–Crippen MR) is 104 cm³/mol. The Morgan fingerprint density at radius 1 is 1.17 bits per heavy atom. The van der Waals surface area contributed by atoms with Crippen molar-refractivity contribution in [3.05, 3.63) is 59.2 Å². The Hall–Kier alpha value is -2.59. The van der Waals surface area contributed by atoms with Crippen molar-refractivity contribution < 1.29 is 31.1 Å². The molecule has 1 N–H and O–H groups in total. The molecule has 1 fully saturated rings. The van der Waals surface area contributed by atoms with Gasteiger partial charge in [-0.05, 0) is 48.7 Å². The van der Waals surface area contributed by atoms with E-state index in [1.165, 1.54) is 49.4 Å². The zero-order valence-electron chi connectivity index (χ0n) is 16.4. The van der Waals surface area contributed by atoms with Crippen molar-refractivity contribution in [1.29, 1.82) is 0 Å². The molecule has 0 radical (unpaired) electrons. The van der Waals surface area contributed by atoms with Crippen molar-refractivity contribution in [2.45, 2.75) is 36.5 Å². The van der Waals surface area contributed by atoms with Crippen LogP contribution in [0.25, 0.3) is 0 Å². The SMILES string of the molecule is COc1ccc(C(=O)N(C)Cc2ccc(C(F)(F)F)cc2)cc1S(=O)(=O)NC1CC1. The van der Waals surface area contributed by atoms with Crippen LogP contribution < -0.4 is 9.46 Å². The number of benzene rings is 2. The third kappa shape index (κ3) is 5.11. The van der Waals surface area contributed by atoms with Crippen molar-refractivity contribution in [3.8, 4) is 5.75 Å². The molecule has 0 aliphatic heterocycles. The molecule has 0 aromatic heterocycles. The van der Waals surface area contributed by atoms with E-state index < -0.39 is 27.7 Å². The lowest BCUT2D eigenvalue weighted by molar-refractivity contribution is -0.137. The van der Waals surface area contributed by atoms with Gasteiger partial charge in [0.2, 0.25) is 10.0 Å². The maximum atomic E-state index is 12.8. The van der Waals surface area contributed by atoms with E-state index in [2.05, 4.69) is 4.72 Å². The van der Waals surface area contributed by atoms with Crippen LogP contribution in [0.1, 0.15) is 34.3 Å². The molecule has 6 nitrogen and oxygen atoms in total. The minimum absolute atomic E-state index is 0.0609. The molecule has 10 heteroatoms. The first-order valence-electron chi connectivity index (χ1n) is 9.13. The first-order valence-corrected chi connectivity index (χ1v) is 10.6. The number of halogens is 3. The van der Waals surface area contributed by atoms with Gasteiger partial charge in [0, 0.05) is 25.2 Å². The fraction of sp³-hybridized carbons (Fsp3) is 0.350. The molecule has 0 unspecified atom stereocenters. The van der Waals surface area contributed by atoms with Gasteiger partial charge in [-0.25, -0.2) is 13.1 Å². The van der Waals surface area contributed by atoms with Gasteiger partial charge < -0.3 is 9.64 Å². The van der Waals surface area contributed by atoms with Crippen LogP contribution in [-0.2, 0) is 22.7 Å². The third-order valence-electron chi connectivity index (χ3n) is 4.65. The highest BCUT2D eigenvalue weighted by molar-refractivity contribution is 7.89. The quantitative estimate of drug-likeness (QED) is 0.713. The number of amides is 1. The first kappa shape index (κ1) is 22.1. The second kappa shape index (κ2) is 8.27. The lowest BCUT2D eigenvalue weighted by Gasteiger charge is -2.19. The molecule has 0 spiro atoms. The summed E-state index contributed by atoms with van der Waals surface area (Å²) in [6.07, 6.45) is -2.91. The number of hydrogen-bond acceptors (Lipinski definition) is 4. The summed E-state index contributed by atoms with van der Waals surface area (Å²) in [5.41, 5.74) is -0.134. The van der Waals surface area contributed by atoms with Crippen LogP contribution >= 0.6 is 0 Å². The number of ether oxygens (including phenoxy) is 1. The number of carbonyl (C=O) groups excluding carboxylic acids is 1. The Labute approximate surface area is 172 Å². The Morgan fingerprint density at radius 2 is 1.80 bits per heavy atom. The number of rotatable bonds is 7. The van der Waals surface area contributed by atoms with Gasteiger partial charge in [0.05, 0.1) is 12.7 Å². The topological polar surface area (TPSA) is 75.7 Å². The summed E-state index contributed by atoms with van der Waals surface area (Å²) in [4.78, 5) is 13.9. The fourth-order valence-electron chi connectivity index (χ4n) is 2.87. The summed E-state index contributed by atoms with van der Waals surface area (Å²) in [6, 6.07) is 8.49. The van der Waals surface area contributed by atoms with E-state index in [9.17, 15) is 26.4 Å². The summed E-state index contributed by atoms with van der Waals surface area (Å²) in [6.45, 7) is 0.0609. The van der Waals surface area contributed by atoms with E-state index in [0.717, 1.165) is 25.0 Å². The summed E-state index contributed by atoms with van der Waals surface area (Å²) < 4.78 is 70.9. The zero-order chi connectivity index (χ0) is 22.1. The molecule has 1 aliphatic carbocycles. The van der Waals surface area contributed by atoms with Crippen molar-refractivity contribution >= 4 is 15.9 Å². The van der Waals surface area contributed by atoms with E-state index in [0.29, 0.717) is 5.56 Å². The van der Waals surface area contributed by atoms with Crippen molar-refractivity contribution in [2.75, 3.05) is 14.2 Å². The fourth-order valence-corrected chi connectivity index (χ4v) is 4.37. The average molecular weight is 442 g/mol. The minimum Gasteiger partial charge on any atom is -0.495 e. The number of nitrogens with zero attached hydrogens (tertiary/aromatic N) is 1. The molecule has 0 heterocycles. The normalized spacial score (nSPS) is 14.4. The second-order valence-electron chi connectivity index (χ2n) is 7.12. The van der Waals surface area contributed by atoms with Gasteiger partial charge in [-0.3, -0.25) is 4.79 Å². The molecule has 0 atom stereocenters. The number of hydrogen-bond donors (Lipinski definition) is 1. The van der Waals surface area contributed by atoms with Gasteiger partial charge >= 0.3 is 6.18 Å². The van der Waals surface area contributed by atoms with Gasteiger partial charge in [0.15, 0.2) is 0 Å². The van der Waals surface area contributed by atoms with Crippen molar-refractivity contribution in [1.82, 2.24) is 9.62 Å². The lowest BCUT2D eigenvalue weighted by atomic mass is 10.1. The van der Waals surface area contributed by atoms with Crippen LogP contribution in [0.15, 0.2) is 47.4 Å². The number of sulfonamides is 1. The highest BCUT2D eigenvalue weighted by atomic mass is 32.2. The molecule has 0 bridgehead atoms. The van der Waals surface area contributed by atoms with Gasteiger partial charge in [-0.15, -0.1) is 0 Å². The highest BCUT2D eigenvalue weighted by Crippen LogP contribution is 2.30. The van der Waals surface area contributed by atoms with E-state index in [1.807, 2.05) is 0 Å². The number of nitrogens with one attached hydrogen (secondary N) is 1. The van der Waals surface area contributed by atoms with E-state index >= 15 is 0 Å². The van der Waals surface area contributed by atoms with E-state index in [-0.39, 0.29) is 28.8 Å². The smallest absolute Gasteiger partial charge is 0.416 e. The van der Waals surface area contributed by atoms with Crippen LogP contribution in [0.4, 0.5) is 13.2 Å². The van der Waals surface area contributed by atoms with Gasteiger partial charge in [0.25, 0.3) is 5.91 Å². The molecule has 30 heavy (non-hydrogen) atoms. The number of carbonyl (C=O) groups is 1. The van der Waals surface area contributed by atoms with Gasteiger partial charge in [0.1, 0.15) is 10.6 Å². The maximum absolute atomic E-state index is 12.8. The van der Waals surface area contributed by atoms with Crippen LogP contribution in [0, 0.1) is 0 Å². The van der Waals surface area contributed by atoms with Crippen LogP contribution in [0.3, 0.4) is 0 Å². The Kier molecular flexibility index (Phi) is 6.09. The second-order valence-corrected chi connectivity index (χ2v) is 8.80. The van der Waals surface area contributed by atoms with E-state index in [1.54, 1.807) is 0 Å². The summed E-state index contributed by atoms with van der Waals surface area (Å²) >= 11 is 0. The molecule has 1 aliphatic rings.